The molecular formula is C28H30N4O3. The highest BCUT2D eigenvalue weighted by Crippen LogP contribution is 2.38. The summed E-state index contributed by atoms with van der Waals surface area (Å²) in [7, 11) is 3.17. The molecular weight excluding hydrogens is 440 g/mol. The monoisotopic (exact) mass is 470 g/mol. The summed E-state index contributed by atoms with van der Waals surface area (Å²) >= 11 is 0. The highest BCUT2D eigenvalue weighted by atomic mass is 16.6. The van der Waals surface area contributed by atoms with Crippen molar-refractivity contribution in [3.63, 3.8) is 0 Å². The van der Waals surface area contributed by atoms with E-state index in [1.165, 1.54) is 5.56 Å². The van der Waals surface area contributed by atoms with E-state index in [4.69, 9.17) is 30.8 Å². The predicted molar refractivity (Wildman–Crippen MR) is 141 cm³/mol. The summed E-state index contributed by atoms with van der Waals surface area (Å²) in [6.45, 7) is 6.63. The molecule has 0 aliphatic heterocycles. The number of guanidine groups is 1. The smallest absolute Gasteiger partial charge is 0.257 e. The second kappa shape index (κ2) is 9.54. The van der Waals surface area contributed by atoms with E-state index in [-0.39, 0.29) is 17.3 Å². The molecule has 0 bridgehead atoms. The number of hydrogen-bond acceptors (Lipinski definition) is 5. The lowest BCUT2D eigenvalue weighted by Gasteiger charge is -2.19. The Balaban J connectivity index is 1.82. The van der Waals surface area contributed by atoms with Crippen molar-refractivity contribution in [3.8, 4) is 39.8 Å². The average Bonchev–Trinajstić information content (AvgIpc) is 2.85. The van der Waals surface area contributed by atoms with Crippen LogP contribution in [0.15, 0.2) is 71.9 Å². The van der Waals surface area contributed by atoms with Crippen molar-refractivity contribution in [2.75, 3.05) is 14.2 Å². The van der Waals surface area contributed by atoms with Gasteiger partial charge in [0.1, 0.15) is 0 Å². The van der Waals surface area contributed by atoms with Crippen LogP contribution in [0.5, 0.6) is 17.4 Å². The fourth-order valence-corrected chi connectivity index (χ4v) is 3.88. The first kappa shape index (κ1) is 23.9. The summed E-state index contributed by atoms with van der Waals surface area (Å²) in [5.41, 5.74) is 16.2. The molecule has 35 heavy (non-hydrogen) atoms. The summed E-state index contributed by atoms with van der Waals surface area (Å²) in [6.07, 6.45) is 0. The summed E-state index contributed by atoms with van der Waals surface area (Å²) in [6, 6.07) is 22.5. The minimum absolute atomic E-state index is 0.102. The van der Waals surface area contributed by atoms with Crippen LogP contribution in [0.4, 0.5) is 0 Å². The SMILES string of the molecule is COc1cc2cc(-c3cccc(-c4ccc(C(C)(C)C)cc4)c3)nc(ON=C(N)N)c2cc1OC. The van der Waals surface area contributed by atoms with E-state index in [1.54, 1.807) is 20.3 Å². The molecule has 4 N–H and O–H groups in total. The Labute approximate surface area is 205 Å². The third kappa shape index (κ3) is 5.14. The highest BCUT2D eigenvalue weighted by Gasteiger charge is 2.16. The Kier molecular flexibility index (Phi) is 6.51. The van der Waals surface area contributed by atoms with Crippen LogP contribution in [0.2, 0.25) is 0 Å². The lowest BCUT2D eigenvalue weighted by Crippen LogP contribution is -2.23. The number of aromatic nitrogens is 1. The maximum atomic E-state index is 5.51. The molecule has 4 aromatic rings. The van der Waals surface area contributed by atoms with Gasteiger partial charge in [0.15, 0.2) is 11.5 Å². The van der Waals surface area contributed by atoms with Gasteiger partial charge in [0.05, 0.1) is 25.3 Å². The normalized spacial score (nSPS) is 11.2. The van der Waals surface area contributed by atoms with Gasteiger partial charge in [-0.15, -0.1) is 0 Å². The Hall–Kier alpha value is -4.26. The van der Waals surface area contributed by atoms with Gasteiger partial charge in [0.2, 0.25) is 5.96 Å². The van der Waals surface area contributed by atoms with Crippen LogP contribution in [-0.2, 0) is 5.41 Å². The molecule has 0 spiro atoms. The quantitative estimate of drug-likeness (QED) is 0.221. The number of methoxy groups -OCH3 is 2. The zero-order valence-electron chi connectivity index (χ0n) is 20.6. The highest BCUT2D eigenvalue weighted by molar-refractivity contribution is 5.93. The van der Waals surface area contributed by atoms with Crippen molar-refractivity contribution in [1.82, 2.24) is 4.98 Å². The molecule has 0 aliphatic rings. The Morgan fingerprint density at radius 3 is 2.09 bits per heavy atom. The third-order valence-corrected chi connectivity index (χ3v) is 5.78. The molecule has 0 unspecified atom stereocenters. The number of oxime groups is 1. The minimum atomic E-state index is -0.202. The van der Waals surface area contributed by atoms with Crippen LogP contribution in [-0.4, -0.2) is 25.2 Å². The number of nitrogens with zero attached hydrogens (tertiary/aromatic N) is 2. The van der Waals surface area contributed by atoms with Gasteiger partial charge in [0.25, 0.3) is 5.88 Å². The molecule has 3 aromatic carbocycles. The molecule has 0 aliphatic carbocycles. The molecule has 180 valence electrons. The molecule has 0 amide bonds. The fraction of sp³-hybridized carbons (Fsp3) is 0.214. The largest absolute Gasteiger partial charge is 0.493 e. The van der Waals surface area contributed by atoms with Gasteiger partial charge >= 0.3 is 0 Å². The van der Waals surface area contributed by atoms with Crippen molar-refractivity contribution in [2.45, 2.75) is 26.2 Å². The zero-order chi connectivity index (χ0) is 25.2. The van der Waals surface area contributed by atoms with Crippen molar-refractivity contribution in [2.24, 2.45) is 16.6 Å². The van der Waals surface area contributed by atoms with E-state index in [2.05, 4.69) is 62.3 Å². The molecule has 1 aromatic heterocycles. The number of pyridine rings is 1. The predicted octanol–water partition coefficient (Wildman–Crippen LogP) is 5.45. The molecule has 0 fully saturated rings. The van der Waals surface area contributed by atoms with Crippen LogP contribution < -0.4 is 25.8 Å². The van der Waals surface area contributed by atoms with Crippen LogP contribution in [0.3, 0.4) is 0 Å². The first-order valence-electron chi connectivity index (χ1n) is 11.2. The van der Waals surface area contributed by atoms with E-state index >= 15 is 0 Å². The number of nitrogens with two attached hydrogens (primary N) is 2. The lowest BCUT2D eigenvalue weighted by atomic mass is 9.86. The van der Waals surface area contributed by atoms with Crippen LogP contribution in [0, 0.1) is 0 Å². The first-order chi connectivity index (χ1) is 16.7. The zero-order valence-corrected chi connectivity index (χ0v) is 20.6. The first-order valence-corrected chi connectivity index (χ1v) is 11.2. The van der Waals surface area contributed by atoms with Crippen molar-refractivity contribution in [3.05, 3.63) is 72.3 Å². The fourth-order valence-electron chi connectivity index (χ4n) is 3.88. The summed E-state index contributed by atoms with van der Waals surface area (Å²) < 4.78 is 10.9. The molecule has 4 rings (SSSR count). The molecule has 0 atom stereocenters. The second-order valence-electron chi connectivity index (χ2n) is 9.26. The van der Waals surface area contributed by atoms with E-state index in [9.17, 15) is 0 Å². The molecule has 7 heteroatoms. The van der Waals surface area contributed by atoms with Gasteiger partial charge in [-0.3, -0.25) is 0 Å². The number of fused-ring (bicyclic) bond motifs is 1. The lowest BCUT2D eigenvalue weighted by molar-refractivity contribution is 0.330. The van der Waals surface area contributed by atoms with Gasteiger partial charge < -0.3 is 25.8 Å². The van der Waals surface area contributed by atoms with Gasteiger partial charge in [0, 0.05) is 5.56 Å². The molecule has 7 nitrogen and oxygen atoms in total. The number of hydrogen-bond donors (Lipinski definition) is 2. The maximum Gasteiger partial charge on any atom is 0.257 e. The number of ether oxygens (including phenoxy) is 2. The molecule has 0 saturated carbocycles. The van der Waals surface area contributed by atoms with E-state index in [1.807, 2.05) is 24.3 Å². The van der Waals surface area contributed by atoms with Gasteiger partial charge in [-0.2, -0.15) is 0 Å². The Bertz CT molecular complexity index is 1390. The minimum Gasteiger partial charge on any atom is -0.493 e. The molecule has 0 radical (unpaired) electrons. The maximum absolute atomic E-state index is 5.51. The second-order valence-corrected chi connectivity index (χ2v) is 9.26. The van der Waals surface area contributed by atoms with E-state index in [0.29, 0.717) is 22.6 Å². The summed E-state index contributed by atoms with van der Waals surface area (Å²) in [5, 5.41) is 5.24. The topological polar surface area (TPSA) is 105 Å². The van der Waals surface area contributed by atoms with Gasteiger partial charge in [-0.25, -0.2) is 4.98 Å². The van der Waals surface area contributed by atoms with Gasteiger partial charge in [-0.1, -0.05) is 63.2 Å². The van der Waals surface area contributed by atoms with Crippen LogP contribution in [0.1, 0.15) is 26.3 Å². The van der Waals surface area contributed by atoms with Crippen LogP contribution in [0.25, 0.3) is 33.2 Å². The Morgan fingerprint density at radius 2 is 1.46 bits per heavy atom. The molecule has 0 saturated heterocycles. The Morgan fingerprint density at radius 1 is 0.800 bits per heavy atom. The van der Waals surface area contributed by atoms with Gasteiger partial charge in [-0.05, 0) is 56.9 Å². The van der Waals surface area contributed by atoms with Crippen molar-refractivity contribution < 1.29 is 14.3 Å². The van der Waals surface area contributed by atoms with Crippen molar-refractivity contribution >= 4 is 16.7 Å². The third-order valence-electron chi connectivity index (χ3n) is 5.78. The summed E-state index contributed by atoms with van der Waals surface area (Å²) in [4.78, 5) is 10.2. The van der Waals surface area contributed by atoms with Crippen molar-refractivity contribution in [1.29, 1.82) is 0 Å². The average molecular weight is 471 g/mol. The van der Waals surface area contributed by atoms with E-state index < -0.39 is 0 Å². The number of rotatable bonds is 6. The van der Waals surface area contributed by atoms with Crippen LogP contribution >= 0.6 is 0 Å². The van der Waals surface area contributed by atoms with E-state index in [0.717, 1.165) is 22.1 Å². The number of benzene rings is 3. The molecule has 1 heterocycles. The summed E-state index contributed by atoms with van der Waals surface area (Å²) in [5.74, 6) is 1.20. The standard InChI is InChI=1S/C28H30N4O3/c1-28(2,3)21-11-9-17(10-12-21)18-7-6-8-19(13-18)23-14-20-15-24(33-4)25(34-5)16-22(20)26(31-23)35-32-27(29)30/h6-16H,1-5H3,(H4,29,30,32).